The molecule has 0 aliphatic heterocycles. The number of carbonyl (C=O) groups excluding carboxylic acids is 1. The van der Waals surface area contributed by atoms with Gasteiger partial charge in [0, 0.05) is 31.6 Å². The van der Waals surface area contributed by atoms with Crippen molar-refractivity contribution >= 4 is 17.7 Å². The zero-order valence-corrected chi connectivity index (χ0v) is 14.1. The molecule has 0 saturated carbocycles. The van der Waals surface area contributed by atoms with E-state index in [1.807, 2.05) is 0 Å². The highest BCUT2D eigenvalue weighted by Gasteiger charge is 2.31. The van der Waals surface area contributed by atoms with Crippen LogP contribution in [0.4, 0.5) is 13.2 Å². The second-order valence-electron chi connectivity index (χ2n) is 4.87. The van der Waals surface area contributed by atoms with E-state index in [-0.39, 0.29) is 22.6 Å². The third kappa shape index (κ3) is 6.02. The maximum absolute atomic E-state index is 12.9. The van der Waals surface area contributed by atoms with Crippen LogP contribution < -0.4 is 5.32 Å². The normalized spacial score (nSPS) is 11.5. The monoisotopic (exact) mass is 375 g/mol. The van der Waals surface area contributed by atoms with Crippen molar-refractivity contribution in [2.75, 3.05) is 26.0 Å². The molecule has 0 fully saturated rings. The maximum Gasteiger partial charge on any atom is 0.406 e. The summed E-state index contributed by atoms with van der Waals surface area (Å²) in [5.74, 6) is -0.327. The predicted octanol–water partition coefficient (Wildman–Crippen LogP) is 1.76. The summed E-state index contributed by atoms with van der Waals surface area (Å²) in [5.41, 5.74) is 0.461. The molecule has 7 nitrogen and oxygen atoms in total. The van der Waals surface area contributed by atoms with Crippen LogP contribution in [-0.4, -0.2) is 57.8 Å². The maximum atomic E-state index is 12.9. The SMILES string of the molecule is COCCNC(=O)CSc1nnc(-c2ccncc2)n1CC(F)(F)F. The topological polar surface area (TPSA) is 81.9 Å². The Morgan fingerprint density at radius 3 is 2.68 bits per heavy atom. The van der Waals surface area contributed by atoms with Crippen LogP contribution in [-0.2, 0) is 16.1 Å². The van der Waals surface area contributed by atoms with Gasteiger partial charge in [-0.1, -0.05) is 11.8 Å². The number of rotatable bonds is 8. The zero-order valence-electron chi connectivity index (χ0n) is 13.3. The standard InChI is InChI=1S/C14H16F3N5O2S/c1-24-7-6-19-11(23)8-25-13-21-20-12(10-2-4-18-5-3-10)22(13)9-14(15,16)17/h2-5H,6-9H2,1H3,(H,19,23). The first kappa shape index (κ1) is 19.2. The highest BCUT2D eigenvalue weighted by Crippen LogP contribution is 2.28. The van der Waals surface area contributed by atoms with E-state index in [9.17, 15) is 18.0 Å². The van der Waals surface area contributed by atoms with Crippen LogP contribution in [0.5, 0.6) is 0 Å². The van der Waals surface area contributed by atoms with E-state index in [0.717, 1.165) is 16.3 Å². The fourth-order valence-electron chi connectivity index (χ4n) is 1.91. The Morgan fingerprint density at radius 2 is 2.04 bits per heavy atom. The van der Waals surface area contributed by atoms with E-state index in [1.54, 1.807) is 12.1 Å². The first-order chi connectivity index (χ1) is 11.9. The van der Waals surface area contributed by atoms with Crippen molar-refractivity contribution in [3.05, 3.63) is 24.5 Å². The summed E-state index contributed by atoms with van der Waals surface area (Å²) in [6.07, 6.45) is -1.53. The molecule has 2 rings (SSSR count). The van der Waals surface area contributed by atoms with Crippen molar-refractivity contribution in [1.82, 2.24) is 25.1 Å². The lowest BCUT2D eigenvalue weighted by molar-refractivity contribution is -0.141. The number of hydrogen-bond acceptors (Lipinski definition) is 6. The minimum atomic E-state index is -4.44. The molecule has 1 N–H and O–H groups in total. The van der Waals surface area contributed by atoms with Gasteiger partial charge in [-0.05, 0) is 12.1 Å². The smallest absolute Gasteiger partial charge is 0.383 e. The summed E-state index contributed by atoms with van der Waals surface area (Å²) in [7, 11) is 1.50. The van der Waals surface area contributed by atoms with Gasteiger partial charge in [0.2, 0.25) is 5.91 Å². The quantitative estimate of drug-likeness (QED) is 0.559. The molecule has 0 radical (unpaired) electrons. The number of hydrogen-bond donors (Lipinski definition) is 1. The predicted molar refractivity (Wildman–Crippen MR) is 84.9 cm³/mol. The third-order valence-electron chi connectivity index (χ3n) is 2.95. The van der Waals surface area contributed by atoms with Crippen LogP contribution in [0.2, 0.25) is 0 Å². The van der Waals surface area contributed by atoms with Crippen molar-refractivity contribution in [3.63, 3.8) is 0 Å². The molecule has 0 aromatic carbocycles. The highest BCUT2D eigenvalue weighted by molar-refractivity contribution is 7.99. The third-order valence-corrected chi connectivity index (χ3v) is 3.92. The van der Waals surface area contributed by atoms with Crippen LogP contribution >= 0.6 is 11.8 Å². The molecule has 2 heterocycles. The van der Waals surface area contributed by atoms with E-state index in [4.69, 9.17) is 4.74 Å². The van der Waals surface area contributed by atoms with Gasteiger partial charge in [-0.25, -0.2) is 0 Å². The van der Waals surface area contributed by atoms with Crippen molar-refractivity contribution in [3.8, 4) is 11.4 Å². The number of aromatic nitrogens is 4. The fourth-order valence-corrected chi connectivity index (χ4v) is 2.67. The summed E-state index contributed by atoms with van der Waals surface area (Å²) in [4.78, 5) is 15.5. The van der Waals surface area contributed by atoms with Gasteiger partial charge >= 0.3 is 6.18 Å². The van der Waals surface area contributed by atoms with Gasteiger partial charge in [-0.3, -0.25) is 14.3 Å². The van der Waals surface area contributed by atoms with Gasteiger partial charge in [0.05, 0.1) is 12.4 Å². The summed E-state index contributed by atoms with van der Waals surface area (Å²) < 4.78 is 44.5. The largest absolute Gasteiger partial charge is 0.406 e. The summed E-state index contributed by atoms with van der Waals surface area (Å²) in [5, 5.41) is 10.2. The second-order valence-corrected chi connectivity index (χ2v) is 5.82. The molecule has 0 aliphatic carbocycles. The van der Waals surface area contributed by atoms with Crippen molar-refractivity contribution in [2.45, 2.75) is 17.9 Å². The molecule has 2 aromatic rings. The van der Waals surface area contributed by atoms with Crippen LogP contribution in [0.1, 0.15) is 0 Å². The number of nitrogens with zero attached hydrogens (tertiary/aromatic N) is 4. The van der Waals surface area contributed by atoms with Gasteiger partial charge in [-0.2, -0.15) is 13.2 Å². The molecule has 1 amide bonds. The Kier molecular flexibility index (Phi) is 6.76. The van der Waals surface area contributed by atoms with E-state index >= 15 is 0 Å². The lowest BCUT2D eigenvalue weighted by Crippen LogP contribution is -2.28. The minimum absolute atomic E-state index is 0.0195. The molecule has 25 heavy (non-hydrogen) atoms. The number of nitrogens with one attached hydrogen (secondary N) is 1. The Hall–Kier alpha value is -2.14. The number of halogens is 3. The van der Waals surface area contributed by atoms with E-state index in [2.05, 4.69) is 20.5 Å². The number of thioether (sulfide) groups is 1. The van der Waals surface area contributed by atoms with Crippen LogP contribution in [0.25, 0.3) is 11.4 Å². The Balaban J connectivity index is 2.15. The van der Waals surface area contributed by atoms with Gasteiger partial charge < -0.3 is 10.1 Å². The summed E-state index contributed by atoms with van der Waals surface area (Å²) in [6.45, 7) is -0.564. The van der Waals surface area contributed by atoms with Crippen molar-refractivity contribution in [1.29, 1.82) is 0 Å². The lowest BCUT2D eigenvalue weighted by Gasteiger charge is -2.12. The molecular weight excluding hydrogens is 359 g/mol. The van der Waals surface area contributed by atoms with Crippen LogP contribution in [0.15, 0.2) is 29.7 Å². The number of amides is 1. The first-order valence-electron chi connectivity index (χ1n) is 7.19. The number of alkyl halides is 3. The Morgan fingerprint density at radius 1 is 1.32 bits per heavy atom. The highest BCUT2D eigenvalue weighted by atomic mass is 32.2. The molecule has 0 aliphatic rings. The van der Waals surface area contributed by atoms with E-state index < -0.39 is 12.7 Å². The summed E-state index contributed by atoms with van der Waals surface area (Å²) >= 11 is 0.890. The molecule has 2 aromatic heterocycles. The molecule has 0 saturated heterocycles. The number of ether oxygens (including phenoxy) is 1. The number of carbonyl (C=O) groups is 1. The zero-order chi connectivity index (χ0) is 18.3. The van der Waals surface area contributed by atoms with Crippen molar-refractivity contribution in [2.24, 2.45) is 0 Å². The molecule has 0 atom stereocenters. The van der Waals surface area contributed by atoms with Gasteiger partial charge in [0.1, 0.15) is 6.54 Å². The molecule has 0 bridgehead atoms. The lowest BCUT2D eigenvalue weighted by atomic mass is 10.2. The van der Waals surface area contributed by atoms with Crippen molar-refractivity contribution < 1.29 is 22.7 Å². The molecule has 136 valence electrons. The number of pyridine rings is 1. The summed E-state index contributed by atoms with van der Waals surface area (Å²) in [6, 6.07) is 3.09. The Labute approximate surface area is 146 Å². The minimum Gasteiger partial charge on any atom is -0.383 e. The molecular formula is C14H16F3N5O2S. The van der Waals surface area contributed by atoms with Gasteiger partial charge in [0.25, 0.3) is 0 Å². The van der Waals surface area contributed by atoms with E-state index in [1.165, 1.54) is 19.5 Å². The van der Waals surface area contributed by atoms with Gasteiger partial charge in [0.15, 0.2) is 11.0 Å². The van der Waals surface area contributed by atoms with Crippen LogP contribution in [0, 0.1) is 0 Å². The molecule has 0 spiro atoms. The second kappa shape index (κ2) is 8.81. The Bertz CT molecular complexity index is 694. The average molecular weight is 375 g/mol. The van der Waals surface area contributed by atoms with E-state index in [0.29, 0.717) is 18.7 Å². The first-order valence-corrected chi connectivity index (χ1v) is 8.18. The molecule has 0 unspecified atom stereocenters. The molecule has 11 heteroatoms. The average Bonchev–Trinajstić information content (AvgIpc) is 2.95. The number of methoxy groups -OCH3 is 1. The van der Waals surface area contributed by atoms with Crippen LogP contribution in [0.3, 0.4) is 0 Å². The van der Waals surface area contributed by atoms with Gasteiger partial charge in [-0.15, -0.1) is 10.2 Å². The fraction of sp³-hybridized carbons (Fsp3) is 0.429.